The molecule has 1 unspecified atom stereocenters. The maximum absolute atomic E-state index is 11.9. The first-order valence-corrected chi connectivity index (χ1v) is 5.80. The molecule has 0 aromatic carbocycles. The van der Waals surface area contributed by atoms with Crippen molar-refractivity contribution in [2.45, 2.75) is 6.92 Å². The summed E-state index contributed by atoms with van der Waals surface area (Å²) in [6.45, 7) is 1.20. The number of urea groups is 1. The van der Waals surface area contributed by atoms with Crippen LogP contribution < -0.4 is 5.73 Å². The van der Waals surface area contributed by atoms with Crippen molar-refractivity contribution in [2.75, 3.05) is 13.6 Å². The second-order valence-corrected chi connectivity index (χ2v) is 5.06. The zero-order valence-electron chi connectivity index (χ0n) is 8.66. The van der Waals surface area contributed by atoms with Gasteiger partial charge in [-0.1, -0.05) is 3.51 Å². The minimum absolute atomic E-state index is 0.163. The number of nitrogens with zero attached hydrogens (tertiary/aromatic N) is 2. The molecule has 0 aliphatic carbocycles. The van der Waals surface area contributed by atoms with Gasteiger partial charge in [-0.05, 0) is 6.92 Å². The molecule has 0 radical (unpaired) electrons. The van der Waals surface area contributed by atoms with E-state index >= 15 is 0 Å². The van der Waals surface area contributed by atoms with E-state index in [4.69, 9.17) is 5.73 Å². The van der Waals surface area contributed by atoms with Crippen molar-refractivity contribution in [3.63, 3.8) is 0 Å². The van der Waals surface area contributed by atoms with Crippen molar-refractivity contribution in [1.82, 2.24) is 4.90 Å². The van der Waals surface area contributed by atoms with Gasteiger partial charge in [0.15, 0.2) is 0 Å². The van der Waals surface area contributed by atoms with E-state index in [9.17, 15) is 14.4 Å². The molecule has 1 rings (SSSR count). The van der Waals surface area contributed by atoms with Gasteiger partial charge in [-0.25, -0.2) is 14.5 Å². The Hall–Kier alpha value is -0.570. The number of nitrogens with two attached hydrogens (primary N) is 1. The second kappa shape index (κ2) is 4.36. The summed E-state index contributed by atoms with van der Waals surface area (Å²) < 4.78 is -0.659. The van der Waals surface area contributed by atoms with Gasteiger partial charge in [0.05, 0.1) is 5.57 Å². The zero-order valence-corrected chi connectivity index (χ0v) is 11.8. The van der Waals surface area contributed by atoms with E-state index in [1.165, 1.54) is 14.0 Å². The largest absolute Gasteiger partial charge is 0.449 e. The van der Waals surface area contributed by atoms with Crippen molar-refractivity contribution < 1.29 is 17.9 Å². The third-order valence-electron chi connectivity index (χ3n) is 2.27. The Kier molecular flexibility index (Phi) is 3.68. The van der Waals surface area contributed by atoms with E-state index in [1.807, 2.05) is 0 Å². The molecule has 2 N–H and O–H groups in total. The van der Waals surface area contributed by atoms with Crippen LogP contribution in [0.15, 0.2) is 10.2 Å². The van der Waals surface area contributed by atoms with Gasteiger partial charge in [-0.15, -0.1) is 0 Å². The Morgan fingerprint density at radius 3 is 2.44 bits per heavy atom. The zero-order chi connectivity index (χ0) is 12.7. The van der Waals surface area contributed by atoms with Crippen molar-refractivity contribution in [1.29, 1.82) is 0 Å². The monoisotopic (exact) mass is 354 g/mol. The molecular weight excluding hydrogens is 346 g/mol. The fourth-order valence-corrected chi connectivity index (χ4v) is 2.46. The highest BCUT2D eigenvalue weighted by Crippen LogP contribution is 2.37. The molecule has 0 aromatic rings. The van der Waals surface area contributed by atoms with Crippen LogP contribution in [0.3, 0.4) is 0 Å². The quantitative estimate of drug-likeness (QED) is 0.557. The summed E-state index contributed by atoms with van der Waals surface area (Å²) in [5, 5.41) is 0. The molecule has 0 spiro atoms. The van der Waals surface area contributed by atoms with Crippen LogP contribution >= 0.6 is 32.1 Å². The summed E-state index contributed by atoms with van der Waals surface area (Å²) in [4.78, 5) is 36.1. The highest BCUT2D eigenvalue weighted by Gasteiger charge is 2.54. The Balaban J connectivity index is 3.45. The molecule has 0 bridgehead atoms. The number of carbonyl (C=O) groups excluding carboxylic acids is 3. The summed E-state index contributed by atoms with van der Waals surface area (Å²) >= 11 is 6.11. The lowest BCUT2D eigenvalue weighted by Gasteiger charge is -2.31. The molecule has 16 heavy (non-hydrogen) atoms. The van der Waals surface area contributed by atoms with Crippen LogP contribution in [0.4, 0.5) is 4.79 Å². The van der Waals surface area contributed by atoms with Gasteiger partial charge in [-0.3, -0.25) is 4.79 Å². The number of halogens is 2. The average Bonchev–Trinajstić information content (AvgIpc) is 2.30. The van der Waals surface area contributed by atoms with Crippen LogP contribution in [0, 0.1) is 0 Å². The Bertz CT molecular complexity index is 421. The molecule has 1 atom stereocenters. The number of rotatable bonds is 1. The predicted octanol–water partition coefficient (Wildman–Crippen LogP) is 0.817. The number of amides is 4. The lowest BCUT2D eigenvalue weighted by Crippen LogP contribution is -2.59. The lowest BCUT2D eigenvalue weighted by molar-refractivity contribution is -0.560. The molecule has 1 heterocycles. The lowest BCUT2D eigenvalue weighted by atomic mass is 10.2. The molecule has 1 aliphatic rings. The topological polar surface area (TPSA) is 80.5 Å². The Morgan fingerprint density at radius 1 is 1.50 bits per heavy atom. The highest BCUT2D eigenvalue weighted by molar-refractivity contribution is 9.12. The number of likely N-dealkylation sites (N-methyl/N-ethyl adjacent to an activating group) is 1. The molecule has 1 aliphatic heterocycles. The van der Waals surface area contributed by atoms with Gasteiger partial charge in [0, 0.05) is 23.0 Å². The van der Waals surface area contributed by atoms with Crippen LogP contribution in [0.1, 0.15) is 6.92 Å². The summed E-state index contributed by atoms with van der Waals surface area (Å²) in [6.07, 6.45) is 0. The van der Waals surface area contributed by atoms with Gasteiger partial charge in [0.1, 0.15) is 6.54 Å². The van der Waals surface area contributed by atoms with Gasteiger partial charge >= 0.3 is 11.9 Å². The predicted molar refractivity (Wildman–Crippen MR) is 63.0 cm³/mol. The molecule has 88 valence electrons. The maximum atomic E-state index is 11.9. The normalized spacial score (nSPS) is 26.4. The van der Waals surface area contributed by atoms with Crippen LogP contribution in [0.25, 0.3) is 0 Å². The van der Waals surface area contributed by atoms with Gasteiger partial charge in [-0.2, -0.15) is 0 Å². The van der Waals surface area contributed by atoms with E-state index in [0.29, 0.717) is 0 Å². The third kappa shape index (κ3) is 1.65. The molecule has 6 nitrogen and oxygen atoms in total. The van der Waals surface area contributed by atoms with Crippen LogP contribution in [-0.4, -0.2) is 39.8 Å². The van der Waals surface area contributed by atoms with E-state index in [0.717, 1.165) is 4.90 Å². The highest BCUT2D eigenvalue weighted by atomic mass is 79.9. The number of carbonyl (C=O) groups is 3. The number of quaternary nitrogens is 1. The van der Waals surface area contributed by atoms with Crippen LogP contribution in [-0.2, 0) is 9.59 Å². The Morgan fingerprint density at radius 2 is 2.00 bits per heavy atom. The third-order valence-corrected chi connectivity index (χ3v) is 4.93. The molecule has 4 amide bonds. The molecule has 0 fully saturated rings. The van der Waals surface area contributed by atoms with Crippen LogP contribution in [0.5, 0.6) is 0 Å². The minimum atomic E-state index is -0.822. The summed E-state index contributed by atoms with van der Waals surface area (Å²) in [7, 11) is 1.31. The number of hydrogen-bond donors (Lipinski definition) is 1. The average molecular weight is 356 g/mol. The summed E-state index contributed by atoms with van der Waals surface area (Å²) in [5.74, 6) is -1.01. The van der Waals surface area contributed by atoms with E-state index in [2.05, 4.69) is 32.1 Å². The number of imide groups is 2. The molecule has 0 saturated heterocycles. The maximum Gasteiger partial charge on any atom is 0.449 e. The molecule has 0 saturated carbocycles. The van der Waals surface area contributed by atoms with Crippen molar-refractivity contribution in [2.24, 2.45) is 5.73 Å². The first-order chi connectivity index (χ1) is 7.28. The Labute approximate surface area is 109 Å². The summed E-state index contributed by atoms with van der Waals surface area (Å²) in [6, 6.07) is -0.696. The SMILES string of the molecule is CC1=C(Br)[N+](Br)(C(=O)CN)C(=O)N(C)C1=O. The number of hydrogen-bond acceptors (Lipinski definition) is 4. The molecule has 0 aromatic heterocycles. The van der Waals surface area contributed by atoms with Crippen molar-refractivity contribution >= 4 is 49.9 Å². The first kappa shape index (κ1) is 13.5. The molecular formula is C8H10Br2N3O3+. The van der Waals surface area contributed by atoms with Gasteiger partial charge in [0.25, 0.3) is 22.1 Å². The fraction of sp³-hybridized carbons (Fsp3) is 0.375. The van der Waals surface area contributed by atoms with Gasteiger partial charge in [0.2, 0.25) is 4.61 Å². The van der Waals surface area contributed by atoms with Crippen molar-refractivity contribution in [3.05, 3.63) is 10.2 Å². The molecule has 8 heteroatoms. The van der Waals surface area contributed by atoms with E-state index in [-0.39, 0.29) is 16.7 Å². The summed E-state index contributed by atoms with van der Waals surface area (Å²) in [5.41, 5.74) is 5.52. The van der Waals surface area contributed by atoms with E-state index < -0.39 is 21.4 Å². The van der Waals surface area contributed by atoms with Gasteiger partial charge < -0.3 is 5.73 Å². The standard InChI is InChI=1S/C8H10Br2N3O3/c1-4-6(9)13(10,5(14)3-11)8(16)12(2)7(4)15/h3,11H2,1-2H3/q+1. The van der Waals surface area contributed by atoms with E-state index in [1.54, 1.807) is 0 Å². The van der Waals surface area contributed by atoms with Crippen LogP contribution in [0.2, 0.25) is 0 Å². The van der Waals surface area contributed by atoms with Crippen molar-refractivity contribution in [3.8, 4) is 0 Å². The second-order valence-electron chi connectivity index (χ2n) is 3.25. The fourth-order valence-electron chi connectivity index (χ4n) is 1.29. The first-order valence-electron chi connectivity index (χ1n) is 4.30. The minimum Gasteiger partial charge on any atom is -0.319 e. The smallest absolute Gasteiger partial charge is 0.319 e.